The molecule has 0 atom stereocenters. The lowest BCUT2D eigenvalue weighted by atomic mass is 10.1. The zero-order chi connectivity index (χ0) is 18.5. The molecule has 0 bridgehead atoms. The summed E-state index contributed by atoms with van der Waals surface area (Å²) >= 11 is 5.81. The van der Waals surface area contributed by atoms with E-state index in [0.29, 0.717) is 30.6 Å². The Morgan fingerprint density at radius 1 is 1.35 bits per heavy atom. The topological polar surface area (TPSA) is 71.3 Å². The van der Waals surface area contributed by atoms with Crippen molar-refractivity contribution in [2.24, 2.45) is 0 Å². The summed E-state index contributed by atoms with van der Waals surface area (Å²) in [5.74, 6) is 0.522. The first-order chi connectivity index (χ1) is 12.5. The Balaban J connectivity index is 1.85. The van der Waals surface area contributed by atoms with Crippen LogP contribution in [0.25, 0.3) is 6.08 Å². The number of nitro groups is 1. The quantitative estimate of drug-likeness (QED) is 0.494. The van der Waals surface area contributed by atoms with Gasteiger partial charge in [0.05, 0.1) is 4.92 Å². The average Bonchev–Trinajstić information content (AvgIpc) is 3.06. The van der Waals surface area contributed by atoms with Gasteiger partial charge in [0.25, 0.3) is 0 Å². The molecule has 0 aliphatic carbocycles. The van der Waals surface area contributed by atoms with Crippen LogP contribution < -0.4 is 5.32 Å². The minimum atomic E-state index is -0.356. The van der Waals surface area contributed by atoms with Gasteiger partial charge in [-0.25, -0.2) is 4.98 Å². The molecular weight excluding hydrogens is 352 g/mol. The monoisotopic (exact) mass is 370 g/mol. The van der Waals surface area contributed by atoms with Gasteiger partial charge in [0, 0.05) is 31.9 Å². The average molecular weight is 371 g/mol. The summed E-state index contributed by atoms with van der Waals surface area (Å²) in [7, 11) is 0. The van der Waals surface area contributed by atoms with Gasteiger partial charge in [-0.2, -0.15) is 0 Å². The zero-order valence-corrected chi connectivity index (χ0v) is 15.1. The molecular formula is C19H19ClN4O2. The number of nitrogens with zero attached hydrogens (tertiary/aromatic N) is 3. The molecule has 1 fully saturated rings. The van der Waals surface area contributed by atoms with E-state index in [1.807, 2.05) is 42.2 Å². The summed E-state index contributed by atoms with van der Waals surface area (Å²) in [4.78, 5) is 17.3. The van der Waals surface area contributed by atoms with Crippen molar-refractivity contribution < 1.29 is 4.92 Å². The smallest absolute Gasteiger partial charge is 0.309 e. The highest BCUT2D eigenvalue weighted by atomic mass is 35.5. The van der Waals surface area contributed by atoms with Gasteiger partial charge in [-0.15, -0.1) is 0 Å². The van der Waals surface area contributed by atoms with Crippen LogP contribution in [-0.2, 0) is 6.54 Å². The van der Waals surface area contributed by atoms with Gasteiger partial charge < -0.3 is 10.2 Å². The van der Waals surface area contributed by atoms with Gasteiger partial charge in [-0.05, 0) is 30.2 Å². The summed E-state index contributed by atoms with van der Waals surface area (Å²) in [6.07, 6.45) is 4.99. The second-order valence-corrected chi connectivity index (χ2v) is 6.46. The summed E-state index contributed by atoms with van der Waals surface area (Å²) in [5.41, 5.74) is 3.06. The number of aromatic nitrogens is 1. The predicted molar refractivity (Wildman–Crippen MR) is 102 cm³/mol. The Morgan fingerprint density at radius 2 is 2.12 bits per heavy atom. The number of halogens is 1. The molecule has 0 unspecified atom stereocenters. The normalized spacial score (nSPS) is 16.0. The van der Waals surface area contributed by atoms with Crippen molar-refractivity contribution in [3.05, 3.63) is 92.1 Å². The molecule has 1 aliphatic rings. The third kappa shape index (κ3) is 4.40. The van der Waals surface area contributed by atoms with Crippen molar-refractivity contribution in [3.8, 4) is 0 Å². The van der Waals surface area contributed by atoms with E-state index in [1.54, 1.807) is 24.4 Å². The molecule has 2 aromatic rings. The highest BCUT2D eigenvalue weighted by molar-refractivity contribution is 6.29. The Morgan fingerprint density at radius 3 is 2.77 bits per heavy atom. The predicted octanol–water partition coefficient (Wildman–Crippen LogP) is 3.61. The lowest BCUT2D eigenvalue weighted by Crippen LogP contribution is -2.23. The number of aryl methyl sites for hydroxylation is 1. The van der Waals surface area contributed by atoms with Gasteiger partial charge >= 0.3 is 5.70 Å². The number of rotatable bonds is 5. The van der Waals surface area contributed by atoms with Crippen LogP contribution in [0.5, 0.6) is 0 Å². The van der Waals surface area contributed by atoms with Gasteiger partial charge in [0.15, 0.2) is 5.82 Å². The molecule has 134 valence electrons. The SMILES string of the molecule is Cc1ccc(/C=C/C(=C2/NCCN2Cc2ccc(Cl)nc2)[N+](=O)[O-])cc1. The second-order valence-electron chi connectivity index (χ2n) is 6.07. The van der Waals surface area contributed by atoms with Crippen molar-refractivity contribution in [3.63, 3.8) is 0 Å². The summed E-state index contributed by atoms with van der Waals surface area (Å²) in [6, 6.07) is 11.4. The lowest BCUT2D eigenvalue weighted by Gasteiger charge is -2.18. The van der Waals surface area contributed by atoms with Crippen LogP contribution in [0.3, 0.4) is 0 Å². The minimum Gasteiger partial charge on any atom is -0.364 e. The fourth-order valence-electron chi connectivity index (χ4n) is 2.74. The van der Waals surface area contributed by atoms with Crippen LogP contribution in [0, 0.1) is 17.0 Å². The molecule has 1 saturated heterocycles. The van der Waals surface area contributed by atoms with Gasteiger partial charge in [-0.1, -0.05) is 47.5 Å². The molecule has 3 rings (SSSR count). The Bertz CT molecular complexity index is 845. The maximum atomic E-state index is 11.6. The first-order valence-electron chi connectivity index (χ1n) is 8.25. The van der Waals surface area contributed by atoms with Gasteiger partial charge in [-0.3, -0.25) is 10.1 Å². The third-order valence-corrected chi connectivity index (χ3v) is 4.33. The van der Waals surface area contributed by atoms with Gasteiger partial charge in [0.2, 0.25) is 0 Å². The highest BCUT2D eigenvalue weighted by Crippen LogP contribution is 2.19. The van der Waals surface area contributed by atoms with Crippen LogP contribution in [0.2, 0.25) is 5.15 Å². The van der Waals surface area contributed by atoms with Crippen molar-refractivity contribution in [1.29, 1.82) is 0 Å². The van der Waals surface area contributed by atoms with Crippen molar-refractivity contribution in [2.75, 3.05) is 13.1 Å². The molecule has 0 radical (unpaired) electrons. The van der Waals surface area contributed by atoms with Crippen LogP contribution >= 0.6 is 11.6 Å². The molecule has 1 aromatic heterocycles. The number of hydrogen-bond donors (Lipinski definition) is 1. The number of pyridine rings is 1. The maximum absolute atomic E-state index is 11.6. The Kier molecular flexibility index (Phi) is 5.53. The number of allylic oxidation sites excluding steroid dienone is 1. The summed E-state index contributed by atoms with van der Waals surface area (Å²) < 4.78 is 0. The lowest BCUT2D eigenvalue weighted by molar-refractivity contribution is -0.421. The molecule has 1 N–H and O–H groups in total. The highest BCUT2D eigenvalue weighted by Gasteiger charge is 2.26. The maximum Gasteiger partial charge on any atom is 0.309 e. The standard InChI is InChI=1S/C19H19ClN4O2/c1-14-2-4-15(5-3-14)6-8-17(24(25)26)19-21-10-11-23(19)13-16-7-9-18(20)22-12-16/h2-9,12,21H,10-11,13H2,1H3/b8-6+,19-17+. The Hall–Kier alpha value is -2.86. The largest absolute Gasteiger partial charge is 0.364 e. The van der Waals surface area contributed by atoms with Crippen LogP contribution in [0.1, 0.15) is 16.7 Å². The summed E-state index contributed by atoms with van der Waals surface area (Å²) in [5, 5.41) is 15.2. The molecule has 0 saturated carbocycles. The molecule has 6 nitrogen and oxygen atoms in total. The van der Waals surface area contributed by atoms with E-state index in [9.17, 15) is 10.1 Å². The fourth-order valence-corrected chi connectivity index (χ4v) is 2.85. The van der Waals surface area contributed by atoms with E-state index in [-0.39, 0.29) is 10.6 Å². The van der Waals surface area contributed by atoms with E-state index in [1.165, 1.54) is 0 Å². The van der Waals surface area contributed by atoms with Crippen molar-refractivity contribution >= 4 is 17.7 Å². The zero-order valence-electron chi connectivity index (χ0n) is 14.4. The molecule has 0 amide bonds. The van der Waals surface area contributed by atoms with E-state index in [2.05, 4.69) is 10.3 Å². The number of hydrogen-bond acceptors (Lipinski definition) is 5. The van der Waals surface area contributed by atoms with Crippen molar-refractivity contribution in [1.82, 2.24) is 15.2 Å². The third-order valence-electron chi connectivity index (χ3n) is 4.10. The molecule has 0 spiro atoms. The molecule has 26 heavy (non-hydrogen) atoms. The summed E-state index contributed by atoms with van der Waals surface area (Å²) in [6.45, 7) is 3.88. The molecule has 1 aliphatic heterocycles. The van der Waals surface area contributed by atoms with Crippen LogP contribution in [-0.4, -0.2) is 27.9 Å². The minimum absolute atomic E-state index is 0.0463. The number of nitrogens with one attached hydrogen (secondary N) is 1. The van der Waals surface area contributed by atoms with Crippen LogP contribution in [0.15, 0.2) is 60.2 Å². The molecule has 7 heteroatoms. The second kappa shape index (κ2) is 8.01. The Labute approximate surface area is 157 Å². The van der Waals surface area contributed by atoms with E-state index in [4.69, 9.17) is 11.6 Å². The van der Waals surface area contributed by atoms with Crippen LogP contribution in [0.4, 0.5) is 0 Å². The van der Waals surface area contributed by atoms with E-state index >= 15 is 0 Å². The van der Waals surface area contributed by atoms with E-state index in [0.717, 1.165) is 16.7 Å². The number of benzene rings is 1. The first-order valence-corrected chi connectivity index (χ1v) is 8.63. The van der Waals surface area contributed by atoms with Crippen molar-refractivity contribution in [2.45, 2.75) is 13.5 Å². The first kappa shape index (κ1) is 17.9. The van der Waals surface area contributed by atoms with Gasteiger partial charge in [0.1, 0.15) is 5.15 Å². The fraction of sp³-hybridized carbons (Fsp3) is 0.211. The van der Waals surface area contributed by atoms with E-state index < -0.39 is 0 Å². The molecule has 1 aromatic carbocycles. The molecule has 2 heterocycles.